The maximum absolute atomic E-state index is 6.01. The number of oxazole rings is 1. The maximum atomic E-state index is 6.01. The number of fused-ring (bicyclic) bond motifs is 8. The Balaban J connectivity index is 1.51. The van der Waals surface area contributed by atoms with Crippen LogP contribution < -0.4 is 0 Å². The number of aryl methyl sites for hydroxylation is 1. The van der Waals surface area contributed by atoms with E-state index >= 15 is 0 Å². The van der Waals surface area contributed by atoms with Crippen LogP contribution >= 0.6 is 0 Å². The quantitative estimate of drug-likeness (QED) is 0.320. The standard InChI is InChI=1S/C26H17N3O/c1-28-21-8-4-2-6-18(21)19-14-16(10-12-22(19)28)17-11-13-25-24(15-17)29-23-9-5-3-7-20(23)27-26(29)30-25/h2-15H,1H3. The number of aromatic nitrogens is 3. The molecule has 0 unspecified atom stereocenters. The Morgan fingerprint density at radius 2 is 1.40 bits per heavy atom. The van der Waals surface area contributed by atoms with Crippen LogP contribution in [0.5, 0.6) is 0 Å². The first-order valence-electron chi connectivity index (χ1n) is 10.1. The zero-order valence-electron chi connectivity index (χ0n) is 16.3. The average molecular weight is 387 g/mol. The van der Waals surface area contributed by atoms with Gasteiger partial charge in [-0.1, -0.05) is 42.5 Å². The average Bonchev–Trinajstić information content (AvgIpc) is 3.42. The predicted octanol–water partition coefficient (Wildman–Crippen LogP) is 6.55. The van der Waals surface area contributed by atoms with Crippen LogP contribution in [0, 0.1) is 0 Å². The first kappa shape index (κ1) is 15.8. The smallest absolute Gasteiger partial charge is 0.307 e. The summed E-state index contributed by atoms with van der Waals surface area (Å²) in [7, 11) is 2.13. The second kappa shape index (κ2) is 5.51. The fraction of sp³-hybridized carbons (Fsp3) is 0.0385. The Morgan fingerprint density at radius 1 is 0.667 bits per heavy atom. The third-order valence-corrected chi connectivity index (χ3v) is 6.18. The van der Waals surface area contributed by atoms with Crippen molar-refractivity contribution >= 4 is 49.8 Å². The SMILES string of the molecule is Cn1c2ccccc2c2cc(-c3ccc4oc5nc6ccccc6n5c4c3)ccc21. The van der Waals surface area contributed by atoms with E-state index in [0.29, 0.717) is 5.84 Å². The van der Waals surface area contributed by atoms with Gasteiger partial charge in [-0.05, 0) is 53.6 Å². The van der Waals surface area contributed by atoms with Crippen LogP contribution in [0.4, 0.5) is 0 Å². The molecule has 0 aliphatic carbocycles. The minimum absolute atomic E-state index is 0.632. The third-order valence-electron chi connectivity index (χ3n) is 6.18. The van der Waals surface area contributed by atoms with Gasteiger partial charge in [0.15, 0.2) is 5.58 Å². The molecule has 0 aliphatic heterocycles. The highest BCUT2D eigenvalue weighted by Crippen LogP contribution is 2.34. The largest absolute Gasteiger partial charge is 0.423 e. The summed E-state index contributed by atoms with van der Waals surface area (Å²) >= 11 is 0. The van der Waals surface area contributed by atoms with Crippen molar-refractivity contribution in [3.05, 3.63) is 84.9 Å². The van der Waals surface area contributed by atoms with Crippen LogP contribution in [0.25, 0.3) is 60.9 Å². The zero-order chi connectivity index (χ0) is 19.8. The molecule has 3 heterocycles. The molecule has 0 amide bonds. The molecule has 0 atom stereocenters. The van der Waals surface area contributed by atoms with Gasteiger partial charge in [-0.2, -0.15) is 4.98 Å². The third kappa shape index (κ3) is 1.97. The van der Waals surface area contributed by atoms with E-state index in [9.17, 15) is 0 Å². The highest BCUT2D eigenvalue weighted by Gasteiger charge is 2.14. The molecular weight excluding hydrogens is 370 g/mol. The molecule has 7 aromatic rings. The number of rotatable bonds is 1. The normalized spacial score (nSPS) is 12.2. The minimum Gasteiger partial charge on any atom is -0.423 e. The summed E-state index contributed by atoms with van der Waals surface area (Å²) in [6.45, 7) is 0. The molecule has 4 nitrogen and oxygen atoms in total. The van der Waals surface area contributed by atoms with Crippen molar-refractivity contribution in [3.63, 3.8) is 0 Å². The number of hydrogen-bond donors (Lipinski definition) is 0. The van der Waals surface area contributed by atoms with Gasteiger partial charge in [0.1, 0.15) is 0 Å². The van der Waals surface area contributed by atoms with E-state index in [0.717, 1.165) is 27.7 Å². The summed E-state index contributed by atoms with van der Waals surface area (Å²) in [6.07, 6.45) is 0. The Bertz CT molecular complexity index is 1760. The molecule has 3 aromatic heterocycles. The summed E-state index contributed by atoms with van der Waals surface area (Å²) in [4.78, 5) is 4.63. The number of nitrogens with zero attached hydrogens (tertiary/aromatic N) is 3. The van der Waals surface area contributed by atoms with Gasteiger partial charge in [0.05, 0.1) is 16.6 Å². The van der Waals surface area contributed by atoms with Gasteiger partial charge < -0.3 is 8.98 Å². The lowest BCUT2D eigenvalue weighted by Gasteiger charge is -2.04. The van der Waals surface area contributed by atoms with Crippen molar-refractivity contribution in [2.75, 3.05) is 0 Å². The molecule has 0 aliphatic rings. The van der Waals surface area contributed by atoms with Crippen molar-refractivity contribution in [1.82, 2.24) is 14.0 Å². The molecule has 0 spiro atoms. The highest BCUT2D eigenvalue weighted by atomic mass is 16.4. The van der Waals surface area contributed by atoms with Crippen molar-refractivity contribution in [2.24, 2.45) is 7.05 Å². The fourth-order valence-electron chi connectivity index (χ4n) is 4.71. The molecule has 0 radical (unpaired) electrons. The Hall–Kier alpha value is -4.05. The molecule has 142 valence electrons. The molecule has 0 N–H and O–H groups in total. The second-order valence-electron chi connectivity index (χ2n) is 7.81. The topological polar surface area (TPSA) is 35.4 Å². The lowest BCUT2D eigenvalue weighted by Crippen LogP contribution is -1.86. The summed E-state index contributed by atoms with van der Waals surface area (Å²) in [5, 5.41) is 2.56. The van der Waals surface area contributed by atoms with Crippen LogP contribution in [0.15, 0.2) is 89.3 Å². The zero-order valence-corrected chi connectivity index (χ0v) is 16.3. The Kier molecular flexibility index (Phi) is 2.91. The number of benzene rings is 4. The van der Waals surface area contributed by atoms with E-state index in [4.69, 9.17) is 4.42 Å². The molecule has 7 rings (SSSR count). The van der Waals surface area contributed by atoms with Gasteiger partial charge in [-0.3, -0.25) is 4.40 Å². The van der Waals surface area contributed by atoms with E-state index in [1.165, 1.54) is 27.4 Å². The maximum Gasteiger partial charge on any atom is 0.307 e. The summed E-state index contributed by atoms with van der Waals surface area (Å²) < 4.78 is 10.4. The molecule has 4 heteroatoms. The van der Waals surface area contributed by atoms with Gasteiger partial charge in [0.2, 0.25) is 0 Å². The second-order valence-corrected chi connectivity index (χ2v) is 7.81. The number of para-hydroxylation sites is 3. The molecule has 30 heavy (non-hydrogen) atoms. The van der Waals surface area contributed by atoms with Crippen LogP contribution in [0.2, 0.25) is 0 Å². The van der Waals surface area contributed by atoms with Crippen molar-refractivity contribution < 1.29 is 4.42 Å². The molecule has 0 fully saturated rings. The first-order chi connectivity index (χ1) is 14.8. The van der Waals surface area contributed by atoms with E-state index in [2.05, 4.69) is 81.7 Å². The van der Waals surface area contributed by atoms with Crippen LogP contribution in [0.1, 0.15) is 0 Å². The van der Waals surface area contributed by atoms with Crippen LogP contribution in [0.3, 0.4) is 0 Å². The molecule has 4 aromatic carbocycles. The lowest BCUT2D eigenvalue weighted by atomic mass is 10.0. The summed E-state index contributed by atoms with van der Waals surface area (Å²) in [6, 6.07) is 29.8. The lowest BCUT2D eigenvalue weighted by molar-refractivity contribution is 0.643. The van der Waals surface area contributed by atoms with Gasteiger partial charge in [-0.25, -0.2) is 0 Å². The predicted molar refractivity (Wildman–Crippen MR) is 122 cm³/mol. The van der Waals surface area contributed by atoms with Gasteiger partial charge in [0.25, 0.3) is 0 Å². The minimum atomic E-state index is 0.632. The summed E-state index contributed by atoms with van der Waals surface area (Å²) in [5.41, 5.74) is 8.74. The highest BCUT2D eigenvalue weighted by molar-refractivity contribution is 6.09. The Morgan fingerprint density at radius 3 is 2.33 bits per heavy atom. The van der Waals surface area contributed by atoms with E-state index < -0.39 is 0 Å². The van der Waals surface area contributed by atoms with Gasteiger partial charge in [0, 0.05) is 28.9 Å². The first-order valence-corrected chi connectivity index (χ1v) is 10.1. The van der Waals surface area contributed by atoms with E-state index in [1.54, 1.807) is 0 Å². The monoisotopic (exact) mass is 387 g/mol. The van der Waals surface area contributed by atoms with Crippen molar-refractivity contribution in [2.45, 2.75) is 0 Å². The van der Waals surface area contributed by atoms with Crippen molar-refractivity contribution in [1.29, 1.82) is 0 Å². The van der Waals surface area contributed by atoms with Gasteiger partial charge in [-0.15, -0.1) is 0 Å². The number of hydrogen-bond acceptors (Lipinski definition) is 2. The van der Waals surface area contributed by atoms with Gasteiger partial charge >= 0.3 is 5.84 Å². The molecular formula is C26H17N3O. The summed E-state index contributed by atoms with van der Waals surface area (Å²) in [5.74, 6) is 0.632. The van der Waals surface area contributed by atoms with Crippen molar-refractivity contribution in [3.8, 4) is 11.1 Å². The van der Waals surface area contributed by atoms with Crippen LogP contribution in [-0.2, 0) is 7.05 Å². The molecule has 0 saturated carbocycles. The molecule has 0 saturated heterocycles. The van der Waals surface area contributed by atoms with E-state index in [1.807, 2.05) is 24.3 Å². The van der Waals surface area contributed by atoms with Crippen LogP contribution in [-0.4, -0.2) is 14.0 Å². The fourth-order valence-corrected chi connectivity index (χ4v) is 4.71. The Labute approximate surface area is 171 Å². The number of imidazole rings is 1. The molecule has 0 bridgehead atoms. The van der Waals surface area contributed by atoms with E-state index in [-0.39, 0.29) is 0 Å².